The summed E-state index contributed by atoms with van der Waals surface area (Å²) in [6.07, 6.45) is 6.15. The van der Waals surface area contributed by atoms with Gasteiger partial charge in [-0.25, -0.2) is 0 Å². The molecule has 2 rings (SSSR count). The fourth-order valence-corrected chi connectivity index (χ4v) is 2.84. The molecule has 1 unspecified atom stereocenters. The average Bonchev–Trinajstić information content (AvgIpc) is 2.81. The van der Waals surface area contributed by atoms with Crippen molar-refractivity contribution in [2.45, 2.75) is 25.2 Å². The van der Waals surface area contributed by atoms with Gasteiger partial charge in [-0.05, 0) is 37.5 Å². The van der Waals surface area contributed by atoms with Crippen molar-refractivity contribution in [1.29, 1.82) is 0 Å². The van der Waals surface area contributed by atoms with Crippen molar-refractivity contribution in [2.24, 2.45) is 0 Å². The first-order chi connectivity index (χ1) is 8.92. The Balaban J connectivity index is 1.61. The highest BCUT2D eigenvalue weighted by molar-refractivity contribution is 7.98. The minimum Gasteiger partial charge on any atom is -0.493 e. The molecule has 0 aromatic heterocycles. The quantitative estimate of drug-likeness (QED) is 0.729. The summed E-state index contributed by atoms with van der Waals surface area (Å²) in [5.74, 6) is 2.90. The molecule has 0 radical (unpaired) electrons. The van der Waals surface area contributed by atoms with Crippen molar-refractivity contribution >= 4 is 11.8 Å². The van der Waals surface area contributed by atoms with E-state index in [0.29, 0.717) is 5.92 Å². The highest BCUT2D eigenvalue weighted by Gasteiger charge is 2.22. The lowest BCUT2D eigenvalue weighted by atomic mass is 10.0. The van der Waals surface area contributed by atoms with Crippen LogP contribution in [0.4, 0.5) is 0 Å². The summed E-state index contributed by atoms with van der Waals surface area (Å²) in [7, 11) is 0. The van der Waals surface area contributed by atoms with Gasteiger partial charge in [-0.3, -0.25) is 0 Å². The van der Waals surface area contributed by atoms with Crippen LogP contribution in [-0.4, -0.2) is 31.7 Å². The monoisotopic (exact) mass is 265 g/mol. The molecule has 0 saturated heterocycles. The van der Waals surface area contributed by atoms with E-state index < -0.39 is 0 Å². The first kappa shape index (κ1) is 13.8. The van der Waals surface area contributed by atoms with Gasteiger partial charge in [-0.15, -0.1) is 0 Å². The van der Waals surface area contributed by atoms with Gasteiger partial charge in [-0.2, -0.15) is 11.8 Å². The number of unbranched alkanes of at least 4 members (excludes halogenated alkanes) is 2. The molecule has 2 nitrogen and oxygen atoms in total. The Morgan fingerprint density at radius 3 is 3.06 bits per heavy atom. The number of para-hydroxylation sites is 1. The first-order valence-corrected chi connectivity index (χ1v) is 8.22. The Hall–Kier alpha value is -0.670. The van der Waals surface area contributed by atoms with Crippen LogP contribution in [0.1, 0.15) is 30.7 Å². The van der Waals surface area contributed by atoms with Crippen molar-refractivity contribution in [3.05, 3.63) is 29.8 Å². The summed E-state index contributed by atoms with van der Waals surface area (Å²) in [6, 6.07) is 8.40. The molecule has 1 aromatic rings. The van der Waals surface area contributed by atoms with E-state index in [1.54, 1.807) is 0 Å². The second kappa shape index (κ2) is 7.70. The van der Waals surface area contributed by atoms with Gasteiger partial charge in [-0.1, -0.05) is 24.6 Å². The maximum Gasteiger partial charge on any atom is 0.122 e. The van der Waals surface area contributed by atoms with Crippen LogP contribution >= 0.6 is 11.8 Å². The lowest BCUT2D eigenvalue weighted by molar-refractivity contribution is 0.326. The van der Waals surface area contributed by atoms with Gasteiger partial charge in [0.25, 0.3) is 0 Å². The molecule has 18 heavy (non-hydrogen) atoms. The number of hydrogen-bond donors (Lipinski definition) is 1. The third kappa shape index (κ3) is 3.92. The van der Waals surface area contributed by atoms with Gasteiger partial charge in [0.1, 0.15) is 5.75 Å². The van der Waals surface area contributed by atoms with Gasteiger partial charge >= 0.3 is 0 Å². The molecule has 0 bridgehead atoms. The minimum atomic E-state index is 0.535. The SMILES string of the molecule is CSCCCCCNCC1COc2ccccc21. The van der Waals surface area contributed by atoms with Crippen LogP contribution in [-0.2, 0) is 0 Å². The predicted octanol–water partition coefficient (Wildman–Crippen LogP) is 3.29. The number of hydrogen-bond acceptors (Lipinski definition) is 3. The zero-order valence-electron chi connectivity index (χ0n) is 11.2. The highest BCUT2D eigenvalue weighted by Crippen LogP contribution is 2.32. The summed E-state index contributed by atoms with van der Waals surface area (Å²) in [5, 5.41) is 3.56. The van der Waals surface area contributed by atoms with Crippen LogP contribution in [0.3, 0.4) is 0 Å². The van der Waals surface area contributed by atoms with E-state index in [9.17, 15) is 0 Å². The van der Waals surface area contributed by atoms with E-state index in [1.165, 1.54) is 30.6 Å². The van der Waals surface area contributed by atoms with Gasteiger partial charge in [0.05, 0.1) is 6.61 Å². The number of benzene rings is 1. The van der Waals surface area contributed by atoms with E-state index in [4.69, 9.17) is 4.74 Å². The van der Waals surface area contributed by atoms with E-state index in [2.05, 4.69) is 29.8 Å². The molecule has 100 valence electrons. The van der Waals surface area contributed by atoms with Gasteiger partial charge in [0.2, 0.25) is 0 Å². The predicted molar refractivity (Wildman–Crippen MR) is 79.8 cm³/mol. The van der Waals surface area contributed by atoms with Gasteiger partial charge in [0.15, 0.2) is 0 Å². The van der Waals surface area contributed by atoms with Crippen LogP contribution in [0, 0.1) is 0 Å². The molecule has 0 aliphatic carbocycles. The van der Waals surface area contributed by atoms with E-state index in [1.807, 2.05) is 17.8 Å². The Labute approximate surface area is 114 Å². The standard InChI is InChI=1S/C15H23NOS/c1-18-10-6-2-5-9-16-11-13-12-17-15-8-4-3-7-14(13)15/h3-4,7-8,13,16H,2,5-6,9-12H2,1H3. The van der Waals surface area contributed by atoms with Crippen LogP contribution in [0.2, 0.25) is 0 Å². The zero-order chi connectivity index (χ0) is 12.6. The third-order valence-electron chi connectivity index (χ3n) is 3.39. The molecule has 1 N–H and O–H groups in total. The molecule has 1 atom stereocenters. The number of rotatable bonds is 8. The van der Waals surface area contributed by atoms with Crippen LogP contribution < -0.4 is 10.1 Å². The van der Waals surface area contributed by atoms with Gasteiger partial charge in [0, 0.05) is 18.0 Å². The molecule has 3 heteroatoms. The molecule has 0 saturated carbocycles. The maximum atomic E-state index is 5.68. The number of fused-ring (bicyclic) bond motifs is 1. The fraction of sp³-hybridized carbons (Fsp3) is 0.600. The molecule has 1 aromatic carbocycles. The Bertz CT molecular complexity index is 356. The smallest absolute Gasteiger partial charge is 0.122 e. The van der Waals surface area contributed by atoms with Crippen molar-refractivity contribution in [3.8, 4) is 5.75 Å². The lowest BCUT2D eigenvalue weighted by Crippen LogP contribution is -2.23. The molecule has 0 amide bonds. The largest absolute Gasteiger partial charge is 0.493 e. The van der Waals surface area contributed by atoms with Crippen LogP contribution in [0.15, 0.2) is 24.3 Å². The molecule has 0 fully saturated rings. The average molecular weight is 265 g/mol. The summed E-state index contributed by atoms with van der Waals surface area (Å²) < 4.78 is 5.68. The second-order valence-electron chi connectivity index (χ2n) is 4.80. The highest BCUT2D eigenvalue weighted by atomic mass is 32.2. The second-order valence-corrected chi connectivity index (χ2v) is 5.79. The number of ether oxygens (including phenoxy) is 1. The first-order valence-electron chi connectivity index (χ1n) is 6.83. The van der Waals surface area contributed by atoms with E-state index >= 15 is 0 Å². The Morgan fingerprint density at radius 2 is 2.17 bits per heavy atom. The van der Waals surface area contributed by atoms with E-state index in [-0.39, 0.29) is 0 Å². The van der Waals surface area contributed by atoms with E-state index in [0.717, 1.165) is 25.4 Å². The molecular weight excluding hydrogens is 242 g/mol. The topological polar surface area (TPSA) is 21.3 Å². The van der Waals surface area contributed by atoms with Crippen molar-refractivity contribution in [1.82, 2.24) is 5.32 Å². The summed E-state index contributed by atoms with van der Waals surface area (Å²) in [4.78, 5) is 0. The lowest BCUT2D eigenvalue weighted by Gasteiger charge is -2.10. The van der Waals surface area contributed by atoms with Crippen LogP contribution in [0.25, 0.3) is 0 Å². The normalized spacial score (nSPS) is 17.5. The van der Waals surface area contributed by atoms with Crippen LogP contribution in [0.5, 0.6) is 5.75 Å². The van der Waals surface area contributed by atoms with Gasteiger partial charge < -0.3 is 10.1 Å². The third-order valence-corrected chi connectivity index (χ3v) is 4.09. The Kier molecular flexibility index (Phi) is 5.88. The van der Waals surface area contributed by atoms with Crippen molar-refractivity contribution < 1.29 is 4.74 Å². The van der Waals surface area contributed by atoms with Crippen molar-refractivity contribution in [2.75, 3.05) is 31.7 Å². The molecule has 1 heterocycles. The summed E-state index contributed by atoms with van der Waals surface area (Å²) >= 11 is 1.94. The fourth-order valence-electron chi connectivity index (χ4n) is 2.35. The molecular formula is C15H23NOS. The molecule has 1 aliphatic rings. The van der Waals surface area contributed by atoms with Crippen molar-refractivity contribution in [3.63, 3.8) is 0 Å². The maximum absolute atomic E-state index is 5.68. The minimum absolute atomic E-state index is 0.535. The Morgan fingerprint density at radius 1 is 1.28 bits per heavy atom. The number of thioether (sulfide) groups is 1. The number of nitrogens with one attached hydrogen (secondary N) is 1. The summed E-state index contributed by atoms with van der Waals surface area (Å²) in [5.41, 5.74) is 1.37. The summed E-state index contributed by atoms with van der Waals surface area (Å²) in [6.45, 7) is 3.01. The molecule has 0 spiro atoms. The zero-order valence-corrected chi connectivity index (χ0v) is 12.0. The molecule has 1 aliphatic heterocycles.